The molecule has 0 bridgehead atoms. The van der Waals surface area contributed by atoms with Gasteiger partial charge in [0, 0.05) is 31.4 Å². The molecular weight excluding hydrogens is 258 g/mol. The van der Waals surface area contributed by atoms with E-state index in [1.807, 2.05) is 0 Å². The normalized spacial score (nSPS) is 11.7. The zero-order valence-electron chi connectivity index (χ0n) is 11.8. The molecule has 0 aliphatic carbocycles. The monoisotopic (exact) mass is 279 g/mol. The summed E-state index contributed by atoms with van der Waals surface area (Å²) in [5.74, 6) is 0.0307. The van der Waals surface area contributed by atoms with Gasteiger partial charge in [0.2, 0.25) is 0 Å². The Morgan fingerprint density at radius 1 is 1.50 bits per heavy atom. The first-order valence-corrected chi connectivity index (χ1v) is 6.41. The number of nitrogens with two attached hydrogens (primary N) is 2. The minimum Gasteiger partial charge on any atom is -0.409 e. The highest BCUT2D eigenvalue weighted by Gasteiger charge is 2.12. The van der Waals surface area contributed by atoms with Crippen LogP contribution in [-0.4, -0.2) is 35.0 Å². The van der Waals surface area contributed by atoms with Gasteiger partial charge in [0.1, 0.15) is 11.5 Å². The number of primary amides is 1. The minimum atomic E-state index is -0.562. The van der Waals surface area contributed by atoms with Gasteiger partial charge in [-0.2, -0.15) is 0 Å². The Morgan fingerprint density at radius 2 is 2.20 bits per heavy atom. The van der Waals surface area contributed by atoms with Crippen molar-refractivity contribution in [3.05, 3.63) is 24.0 Å². The molecule has 0 radical (unpaired) electrons. The molecule has 0 fully saturated rings. The maximum Gasteiger partial charge on any atom is 0.267 e. The number of nitrogens with zero attached hydrogens (tertiary/aromatic N) is 3. The number of anilines is 1. The molecule has 0 saturated heterocycles. The van der Waals surface area contributed by atoms with Crippen LogP contribution in [0, 0.1) is 5.92 Å². The zero-order valence-corrected chi connectivity index (χ0v) is 11.8. The summed E-state index contributed by atoms with van der Waals surface area (Å²) in [5.41, 5.74) is 11.8. The second-order valence-corrected chi connectivity index (χ2v) is 4.94. The van der Waals surface area contributed by atoms with Crippen LogP contribution in [-0.2, 0) is 0 Å². The Kier molecular flexibility index (Phi) is 5.76. The topological polar surface area (TPSA) is 118 Å². The number of carbonyl (C=O) groups is 1. The second kappa shape index (κ2) is 7.32. The number of pyridine rings is 1. The quantitative estimate of drug-likeness (QED) is 0.295. The number of amides is 1. The molecule has 0 spiro atoms. The fourth-order valence-corrected chi connectivity index (χ4v) is 1.82. The van der Waals surface area contributed by atoms with Gasteiger partial charge in [-0.15, -0.1) is 0 Å². The summed E-state index contributed by atoms with van der Waals surface area (Å²) < 4.78 is 0. The molecule has 0 aliphatic heterocycles. The fraction of sp³-hybridized carbons (Fsp3) is 0.462. The summed E-state index contributed by atoms with van der Waals surface area (Å²) in [6, 6.07) is 3.46. The van der Waals surface area contributed by atoms with E-state index >= 15 is 0 Å². The van der Waals surface area contributed by atoms with Gasteiger partial charge in [-0.05, 0) is 18.1 Å². The Labute approximate surface area is 118 Å². The van der Waals surface area contributed by atoms with Crippen LogP contribution in [0.5, 0.6) is 0 Å². The van der Waals surface area contributed by atoms with Gasteiger partial charge in [0.05, 0.1) is 0 Å². The highest BCUT2D eigenvalue weighted by molar-refractivity contribution is 5.91. The van der Waals surface area contributed by atoms with Crippen LogP contribution in [0.1, 0.15) is 30.8 Å². The fourth-order valence-electron chi connectivity index (χ4n) is 1.82. The van der Waals surface area contributed by atoms with Crippen molar-refractivity contribution in [1.82, 2.24) is 4.98 Å². The number of hydrogen-bond acceptors (Lipinski definition) is 5. The molecule has 0 aliphatic rings. The van der Waals surface area contributed by atoms with Gasteiger partial charge in [-0.1, -0.05) is 19.0 Å². The van der Waals surface area contributed by atoms with Crippen molar-refractivity contribution in [3.8, 4) is 0 Å². The predicted molar refractivity (Wildman–Crippen MR) is 77.8 cm³/mol. The Balaban J connectivity index is 2.91. The number of carbonyl (C=O) groups excluding carboxylic acids is 1. The number of oxime groups is 1. The van der Waals surface area contributed by atoms with Gasteiger partial charge in [0.25, 0.3) is 5.91 Å². The standard InChI is InChI=1S/C13H21N5O2/c1-9(2)8-18(6-4-12(14)17-20)10-3-5-16-11(7-10)13(15)19/h3,5,7,9,20H,4,6,8H2,1-2H3,(H2,14,17)(H2,15,19). The summed E-state index contributed by atoms with van der Waals surface area (Å²) in [6.45, 7) is 5.54. The van der Waals surface area contributed by atoms with Crippen molar-refractivity contribution in [2.24, 2.45) is 22.5 Å². The summed E-state index contributed by atoms with van der Waals surface area (Å²) in [6.07, 6.45) is 1.98. The number of rotatable bonds is 7. The van der Waals surface area contributed by atoms with E-state index in [9.17, 15) is 4.79 Å². The van der Waals surface area contributed by atoms with E-state index in [0.717, 1.165) is 12.2 Å². The van der Waals surface area contributed by atoms with E-state index in [2.05, 4.69) is 28.9 Å². The summed E-state index contributed by atoms with van der Waals surface area (Å²) in [7, 11) is 0. The maximum absolute atomic E-state index is 11.2. The zero-order chi connectivity index (χ0) is 15.1. The van der Waals surface area contributed by atoms with E-state index in [1.165, 1.54) is 0 Å². The van der Waals surface area contributed by atoms with Crippen LogP contribution >= 0.6 is 0 Å². The highest BCUT2D eigenvalue weighted by Crippen LogP contribution is 2.16. The van der Waals surface area contributed by atoms with Crippen LogP contribution in [0.15, 0.2) is 23.5 Å². The molecule has 0 saturated carbocycles. The molecule has 0 atom stereocenters. The van der Waals surface area contributed by atoms with Gasteiger partial charge in [0.15, 0.2) is 0 Å². The lowest BCUT2D eigenvalue weighted by Gasteiger charge is -2.26. The van der Waals surface area contributed by atoms with Crippen molar-refractivity contribution in [2.45, 2.75) is 20.3 Å². The first-order chi connectivity index (χ1) is 9.43. The lowest BCUT2D eigenvalue weighted by molar-refractivity contribution is 0.0995. The molecule has 7 nitrogen and oxygen atoms in total. The third-order valence-electron chi connectivity index (χ3n) is 2.71. The third kappa shape index (κ3) is 4.75. The van der Waals surface area contributed by atoms with Crippen LogP contribution in [0.3, 0.4) is 0 Å². The van der Waals surface area contributed by atoms with E-state index in [4.69, 9.17) is 16.7 Å². The molecule has 0 aromatic carbocycles. The first-order valence-electron chi connectivity index (χ1n) is 6.41. The van der Waals surface area contributed by atoms with Crippen molar-refractivity contribution >= 4 is 17.4 Å². The largest absolute Gasteiger partial charge is 0.409 e. The molecular formula is C13H21N5O2. The van der Waals surface area contributed by atoms with Crippen LogP contribution < -0.4 is 16.4 Å². The van der Waals surface area contributed by atoms with E-state index in [1.54, 1.807) is 18.3 Å². The van der Waals surface area contributed by atoms with Crippen molar-refractivity contribution in [2.75, 3.05) is 18.0 Å². The average Bonchev–Trinajstić information content (AvgIpc) is 2.42. The van der Waals surface area contributed by atoms with Gasteiger partial charge in [-0.25, -0.2) is 0 Å². The number of hydrogen-bond donors (Lipinski definition) is 3. The van der Waals surface area contributed by atoms with Gasteiger partial charge in [-0.3, -0.25) is 9.78 Å². The highest BCUT2D eigenvalue weighted by atomic mass is 16.4. The smallest absolute Gasteiger partial charge is 0.267 e. The van der Waals surface area contributed by atoms with E-state index in [0.29, 0.717) is 18.9 Å². The lowest BCUT2D eigenvalue weighted by Crippen LogP contribution is -2.31. The van der Waals surface area contributed by atoms with Crippen LogP contribution in [0.2, 0.25) is 0 Å². The molecule has 5 N–H and O–H groups in total. The molecule has 0 unspecified atom stereocenters. The van der Waals surface area contributed by atoms with E-state index in [-0.39, 0.29) is 11.5 Å². The molecule has 110 valence electrons. The first kappa shape index (κ1) is 15.7. The van der Waals surface area contributed by atoms with Gasteiger partial charge < -0.3 is 21.6 Å². The minimum absolute atomic E-state index is 0.169. The Bertz CT molecular complexity index is 487. The van der Waals surface area contributed by atoms with Gasteiger partial charge >= 0.3 is 0 Å². The lowest BCUT2D eigenvalue weighted by atomic mass is 10.1. The average molecular weight is 279 g/mol. The molecule has 1 heterocycles. The molecule has 1 aromatic rings. The SMILES string of the molecule is CC(C)CN(CCC(N)=NO)c1ccnc(C(N)=O)c1. The van der Waals surface area contributed by atoms with Crippen molar-refractivity contribution in [3.63, 3.8) is 0 Å². The molecule has 7 heteroatoms. The predicted octanol–water partition coefficient (Wildman–Crippen LogP) is 0.779. The summed E-state index contributed by atoms with van der Waals surface area (Å²) in [4.78, 5) is 17.2. The van der Waals surface area contributed by atoms with Crippen molar-refractivity contribution in [1.29, 1.82) is 0 Å². The molecule has 1 rings (SSSR count). The van der Waals surface area contributed by atoms with Crippen LogP contribution in [0.4, 0.5) is 5.69 Å². The molecule has 1 aromatic heterocycles. The molecule has 1 amide bonds. The van der Waals surface area contributed by atoms with E-state index < -0.39 is 5.91 Å². The number of aromatic nitrogens is 1. The van der Waals surface area contributed by atoms with Crippen LogP contribution in [0.25, 0.3) is 0 Å². The second-order valence-electron chi connectivity index (χ2n) is 4.94. The Hall–Kier alpha value is -2.31. The third-order valence-corrected chi connectivity index (χ3v) is 2.71. The van der Waals surface area contributed by atoms with Crippen molar-refractivity contribution < 1.29 is 10.0 Å². The summed E-state index contributed by atoms with van der Waals surface area (Å²) >= 11 is 0. The number of amidine groups is 1. The molecule has 20 heavy (non-hydrogen) atoms. The maximum atomic E-state index is 11.2. The Morgan fingerprint density at radius 3 is 2.75 bits per heavy atom. The summed E-state index contributed by atoms with van der Waals surface area (Å²) in [5, 5.41) is 11.6.